The molecule has 0 amide bonds. The minimum absolute atomic E-state index is 0.468. The van der Waals surface area contributed by atoms with Gasteiger partial charge in [0.15, 0.2) is 0 Å². The number of rotatable bonds is 4. The lowest BCUT2D eigenvalue weighted by Gasteiger charge is -2.18. The van der Waals surface area contributed by atoms with E-state index in [0.29, 0.717) is 4.99 Å². The molecule has 0 radical (unpaired) electrons. The van der Waals surface area contributed by atoms with Crippen LogP contribution in [0, 0.1) is 0 Å². The van der Waals surface area contributed by atoms with Crippen LogP contribution in [0.25, 0.3) is 5.57 Å². The van der Waals surface area contributed by atoms with Crippen LogP contribution >= 0.6 is 12.2 Å². The van der Waals surface area contributed by atoms with E-state index in [9.17, 15) is 0 Å². The Kier molecular flexibility index (Phi) is 4.37. The molecule has 0 spiro atoms. The fraction of sp³-hybridized carbons (Fsp3) is 0.400. The Morgan fingerprint density at radius 2 is 2.22 bits per heavy atom. The van der Waals surface area contributed by atoms with E-state index >= 15 is 0 Å². The van der Waals surface area contributed by atoms with Crippen LogP contribution < -0.4 is 11.1 Å². The average Bonchev–Trinajstić information content (AvgIpc) is 2.40. The Balaban J connectivity index is 2.42. The molecule has 2 rings (SSSR count). The molecule has 0 fully saturated rings. The van der Waals surface area contributed by atoms with Gasteiger partial charge in [-0.2, -0.15) is 0 Å². The zero-order valence-electron chi connectivity index (χ0n) is 10.8. The molecule has 0 aromatic heterocycles. The second-order valence-electron chi connectivity index (χ2n) is 4.63. The smallest absolute Gasteiger partial charge is 0.104 e. The molecule has 1 aromatic rings. The number of thiocarbonyl (C=S) groups is 1. The maximum atomic E-state index is 5.73. The maximum absolute atomic E-state index is 5.73. The fourth-order valence-electron chi connectivity index (χ4n) is 2.39. The molecule has 0 unspecified atom stereocenters. The third-order valence-corrected chi connectivity index (χ3v) is 3.54. The minimum Gasteiger partial charge on any atom is -0.389 e. The molecule has 0 saturated heterocycles. The topological polar surface area (TPSA) is 38.0 Å². The van der Waals surface area contributed by atoms with E-state index in [1.54, 1.807) is 0 Å². The molecular formula is C15H20N2S. The number of anilines is 1. The second kappa shape index (κ2) is 6.01. The van der Waals surface area contributed by atoms with Gasteiger partial charge in [-0.1, -0.05) is 18.3 Å². The highest BCUT2D eigenvalue weighted by Crippen LogP contribution is 2.32. The van der Waals surface area contributed by atoms with Crippen LogP contribution in [0.4, 0.5) is 5.69 Å². The lowest BCUT2D eigenvalue weighted by Crippen LogP contribution is -2.11. The summed E-state index contributed by atoms with van der Waals surface area (Å²) in [5, 5.41) is 3.41. The summed E-state index contributed by atoms with van der Waals surface area (Å²) in [5.74, 6) is 0. The van der Waals surface area contributed by atoms with E-state index in [-0.39, 0.29) is 0 Å². The fourth-order valence-corrected chi connectivity index (χ4v) is 2.52. The summed E-state index contributed by atoms with van der Waals surface area (Å²) >= 11 is 5.07. The van der Waals surface area contributed by atoms with Crippen LogP contribution in [0.5, 0.6) is 0 Å². The van der Waals surface area contributed by atoms with Gasteiger partial charge in [0.25, 0.3) is 0 Å². The molecule has 0 heterocycles. The largest absolute Gasteiger partial charge is 0.389 e. The Labute approximate surface area is 114 Å². The number of hydrogen-bond acceptors (Lipinski definition) is 2. The highest BCUT2D eigenvalue weighted by Gasteiger charge is 2.12. The summed E-state index contributed by atoms with van der Waals surface area (Å²) in [6, 6.07) is 6.20. The third kappa shape index (κ3) is 2.91. The molecule has 1 aliphatic rings. The van der Waals surface area contributed by atoms with Crippen molar-refractivity contribution in [3.63, 3.8) is 0 Å². The first-order valence-electron chi connectivity index (χ1n) is 6.59. The van der Waals surface area contributed by atoms with Crippen LogP contribution in [0.1, 0.15) is 43.7 Å². The second-order valence-corrected chi connectivity index (χ2v) is 5.07. The number of benzene rings is 1. The summed E-state index contributed by atoms with van der Waals surface area (Å²) in [6.45, 7) is 3.03. The van der Waals surface area contributed by atoms with E-state index < -0.39 is 0 Å². The molecule has 0 aliphatic heterocycles. The van der Waals surface area contributed by atoms with Gasteiger partial charge in [0.1, 0.15) is 4.99 Å². The lowest BCUT2D eigenvalue weighted by molar-refractivity contribution is 0.742. The molecule has 2 nitrogen and oxygen atoms in total. The summed E-state index contributed by atoms with van der Waals surface area (Å²) in [7, 11) is 0. The molecule has 1 aliphatic carbocycles. The van der Waals surface area contributed by atoms with E-state index in [1.807, 2.05) is 6.07 Å². The van der Waals surface area contributed by atoms with Gasteiger partial charge in [-0.3, -0.25) is 0 Å². The molecule has 1 aromatic carbocycles. The van der Waals surface area contributed by atoms with Crippen LogP contribution in [-0.2, 0) is 0 Å². The van der Waals surface area contributed by atoms with Crippen LogP contribution in [-0.4, -0.2) is 11.5 Å². The summed E-state index contributed by atoms with van der Waals surface area (Å²) in [5.41, 5.74) is 10.6. The molecule has 18 heavy (non-hydrogen) atoms. The predicted octanol–water partition coefficient (Wildman–Crippen LogP) is 3.71. The third-order valence-electron chi connectivity index (χ3n) is 3.31. The van der Waals surface area contributed by atoms with Gasteiger partial charge in [0.2, 0.25) is 0 Å². The van der Waals surface area contributed by atoms with E-state index in [0.717, 1.165) is 18.5 Å². The van der Waals surface area contributed by atoms with Crippen molar-refractivity contribution in [1.29, 1.82) is 0 Å². The highest BCUT2D eigenvalue weighted by atomic mass is 32.1. The van der Waals surface area contributed by atoms with E-state index in [2.05, 4.69) is 30.4 Å². The molecular weight excluding hydrogens is 240 g/mol. The van der Waals surface area contributed by atoms with Gasteiger partial charge in [0.05, 0.1) is 0 Å². The van der Waals surface area contributed by atoms with Gasteiger partial charge >= 0.3 is 0 Å². The Morgan fingerprint density at radius 3 is 2.83 bits per heavy atom. The summed E-state index contributed by atoms with van der Waals surface area (Å²) in [4.78, 5) is 0.468. The van der Waals surface area contributed by atoms with Gasteiger partial charge in [-0.05, 0) is 56.4 Å². The highest BCUT2D eigenvalue weighted by molar-refractivity contribution is 7.80. The van der Waals surface area contributed by atoms with E-state index in [4.69, 9.17) is 18.0 Å². The van der Waals surface area contributed by atoms with Crippen molar-refractivity contribution < 1.29 is 0 Å². The Morgan fingerprint density at radius 1 is 1.39 bits per heavy atom. The number of nitrogens with two attached hydrogens (primary N) is 1. The summed E-state index contributed by atoms with van der Waals surface area (Å²) < 4.78 is 0. The monoisotopic (exact) mass is 260 g/mol. The van der Waals surface area contributed by atoms with Crippen molar-refractivity contribution >= 4 is 28.5 Å². The first kappa shape index (κ1) is 13.1. The minimum atomic E-state index is 0.468. The van der Waals surface area contributed by atoms with Gasteiger partial charge < -0.3 is 11.1 Å². The maximum Gasteiger partial charge on any atom is 0.104 e. The quantitative estimate of drug-likeness (QED) is 0.810. The first-order valence-corrected chi connectivity index (χ1v) is 7.00. The van der Waals surface area contributed by atoms with Gasteiger partial charge in [-0.25, -0.2) is 0 Å². The average molecular weight is 260 g/mol. The van der Waals surface area contributed by atoms with Crippen LogP contribution in [0.2, 0.25) is 0 Å². The molecule has 96 valence electrons. The molecule has 3 N–H and O–H groups in total. The molecule has 3 heteroatoms. The molecule has 0 bridgehead atoms. The van der Waals surface area contributed by atoms with Gasteiger partial charge in [-0.15, -0.1) is 0 Å². The van der Waals surface area contributed by atoms with Crippen molar-refractivity contribution in [2.75, 3.05) is 11.9 Å². The summed E-state index contributed by atoms with van der Waals surface area (Å²) in [6.07, 6.45) is 7.25. The Hall–Kier alpha value is -1.35. The zero-order valence-corrected chi connectivity index (χ0v) is 11.6. The van der Waals surface area contributed by atoms with Crippen molar-refractivity contribution in [2.24, 2.45) is 5.73 Å². The van der Waals surface area contributed by atoms with Crippen LogP contribution in [0.15, 0.2) is 24.3 Å². The van der Waals surface area contributed by atoms with Crippen molar-refractivity contribution in [3.8, 4) is 0 Å². The SMILES string of the molecule is CCNc1ccc(C(N)=S)cc1C1=CCCCC1. The first-order chi connectivity index (χ1) is 8.72. The number of allylic oxidation sites excluding steroid dienone is 2. The number of nitrogens with one attached hydrogen (secondary N) is 1. The predicted molar refractivity (Wildman–Crippen MR) is 82.9 cm³/mol. The molecule has 0 saturated carbocycles. The van der Waals surface area contributed by atoms with Crippen molar-refractivity contribution in [3.05, 3.63) is 35.4 Å². The normalized spacial score (nSPS) is 15.1. The van der Waals surface area contributed by atoms with Crippen molar-refractivity contribution in [1.82, 2.24) is 0 Å². The lowest BCUT2D eigenvalue weighted by atomic mass is 9.91. The van der Waals surface area contributed by atoms with E-state index in [1.165, 1.54) is 36.1 Å². The molecule has 0 atom stereocenters. The standard InChI is InChI=1S/C15H20N2S/c1-2-17-14-9-8-12(15(16)18)10-13(14)11-6-4-3-5-7-11/h6,8-10,17H,2-5,7H2,1H3,(H2,16,18). The van der Waals surface area contributed by atoms with Gasteiger partial charge in [0, 0.05) is 23.4 Å². The zero-order chi connectivity index (χ0) is 13.0. The van der Waals surface area contributed by atoms with Crippen molar-refractivity contribution in [2.45, 2.75) is 32.6 Å². The number of hydrogen-bond donors (Lipinski definition) is 2. The Bertz CT molecular complexity index is 477. The van der Waals surface area contributed by atoms with Crippen LogP contribution in [0.3, 0.4) is 0 Å².